The number of ketones is 1. The first-order chi connectivity index (χ1) is 22.0. The third-order valence-corrected chi connectivity index (χ3v) is 8.23. The topological polar surface area (TPSA) is 176 Å². The SMILES string of the molecule is C=CCNC(=O)C(=O)C(CCC)NC(=O)[C@@H]1[C@@H](C(C)C)CCN1C(=O)[C@@H](NC(=O)N[C@H](C(=O)OCc1ccco1)C(C)C)C(C)(C)C. The minimum atomic E-state index is -1.08. The van der Waals surface area contributed by atoms with E-state index in [4.69, 9.17) is 9.15 Å². The predicted molar refractivity (Wildman–Crippen MR) is 176 cm³/mol. The van der Waals surface area contributed by atoms with Crippen molar-refractivity contribution in [3.63, 3.8) is 0 Å². The number of ether oxygens (including phenoxy) is 1. The minimum Gasteiger partial charge on any atom is -0.466 e. The number of likely N-dealkylation sites (tertiary alicyclic amines) is 1. The van der Waals surface area contributed by atoms with Crippen LogP contribution in [0.4, 0.5) is 4.79 Å². The molecule has 1 unspecified atom stereocenters. The van der Waals surface area contributed by atoms with E-state index >= 15 is 0 Å². The van der Waals surface area contributed by atoms with Gasteiger partial charge in [-0.25, -0.2) is 9.59 Å². The first-order valence-corrected chi connectivity index (χ1v) is 16.3. The number of furan rings is 1. The number of rotatable bonds is 16. The van der Waals surface area contributed by atoms with Gasteiger partial charge in [0.15, 0.2) is 0 Å². The van der Waals surface area contributed by atoms with E-state index in [1.54, 1.807) is 46.8 Å². The molecule has 1 aliphatic rings. The Hall–Kier alpha value is -4.16. The number of hydrogen-bond donors (Lipinski definition) is 4. The van der Waals surface area contributed by atoms with E-state index in [1.165, 1.54) is 17.2 Å². The molecule has 2 rings (SSSR count). The zero-order valence-corrected chi connectivity index (χ0v) is 29.0. The maximum Gasteiger partial charge on any atom is 0.329 e. The Balaban J connectivity index is 2.27. The van der Waals surface area contributed by atoms with Gasteiger partial charge in [-0.1, -0.05) is 67.9 Å². The molecular formula is C34H53N5O8. The molecule has 4 N–H and O–H groups in total. The van der Waals surface area contributed by atoms with Crippen molar-refractivity contribution in [2.75, 3.05) is 13.1 Å². The molecule has 13 heteroatoms. The van der Waals surface area contributed by atoms with Gasteiger partial charge in [-0.2, -0.15) is 0 Å². The molecule has 262 valence electrons. The maximum atomic E-state index is 14.2. The van der Waals surface area contributed by atoms with E-state index in [9.17, 15) is 28.8 Å². The highest BCUT2D eigenvalue weighted by Gasteiger charge is 2.47. The van der Waals surface area contributed by atoms with Crippen molar-refractivity contribution in [1.82, 2.24) is 26.2 Å². The van der Waals surface area contributed by atoms with E-state index < -0.39 is 65.1 Å². The number of hydrogen-bond acceptors (Lipinski definition) is 8. The number of nitrogens with zero attached hydrogens (tertiary/aromatic N) is 1. The Bertz CT molecular complexity index is 1250. The lowest BCUT2D eigenvalue weighted by atomic mass is 9.84. The van der Waals surface area contributed by atoms with Gasteiger partial charge in [0.05, 0.1) is 12.3 Å². The highest BCUT2D eigenvalue weighted by Crippen LogP contribution is 2.33. The lowest BCUT2D eigenvalue weighted by molar-refractivity contribution is -0.149. The van der Waals surface area contributed by atoms with Gasteiger partial charge in [0.1, 0.15) is 30.5 Å². The normalized spacial score (nSPS) is 18.2. The second-order valence-electron chi connectivity index (χ2n) is 13.7. The summed E-state index contributed by atoms with van der Waals surface area (Å²) >= 11 is 0. The standard InChI is InChI=1S/C34H53N5O8/c1-10-13-24(27(40)30(42)35-16-11-2)36-29(41)26-23(20(3)4)15-17-39(26)31(43)28(34(7,8)9)38-33(45)37-25(21(5)6)32(44)47-19-22-14-12-18-46-22/h11-12,14,18,20-21,23-26,28H,2,10,13,15-17,19H2,1,3-9H3,(H,35,42)(H,36,41)(H2,37,38,45)/t23-,24?,25+,26+,28-/m1/s1. The van der Waals surface area contributed by atoms with Crippen LogP contribution in [0.15, 0.2) is 35.5 Å². The second-order valence-corrected chi connectivity index (χ2v) is 13.7. The molecule has 1 saturated heterocycles. The molecule has 1 aromatic heterocycles. The van der Waals surface area contributed by atoms with E-state index in [1.807, 2.05) is 20.8 Å². The van der Waals surface area contributed by atoms with Crippen molar-refractivity contribution in [3.8, 4) is 0 Å². The van der Waals surface area contributed by atoms with E-state index in [0.717, 1.165) is 0 Å². The number of carbonyl (C=O) groups is 6. The van der Waals surface area contributed by atoms with Crippen LogP contribution in [0.3, 0.4) is 0 Å². The van der Waals surface area contributed by atoms with Crippen molar-refractivity contribution in [1.29, 1.82) is 0 Å². The fourth-order valence-electron chi connectivity index (χ4n) is 5.58. The molecule has 13 nitrogen and oxygen atoms in total. The minimum absolute atomic E-state index is 0.0168. The lowest BCUT2D eigenvalue weighted by Gasteiger charge is -2.37. The number of carbonyl (C=O) groups excluding carboxylic acids is 6. The quantitative estimate of drug-likeness (QED) is 0.119. The van der Waals surface area contributed by atoms with Gasteiger partial charge in [0.25, 0.3) is 5.91 Å². The van der Waals surface area contributed by atoms with Crippen LogP contribution in [-0.2, 0) is 35.3 Å². The molecule has 1 fully saturated rings. The van der Waals surface area contributed by atoms with Gasteiger partial charge < -0.3 is 35.3 Å². The molecule has 0 spiro atoms. The van der Waals surface area contributed by atoms with E-state index in [2.05, 4.69) is 27.8 Å². The van der Waals surface area contributed by atoms with Crippen molar-refractivity contribution >= 4 is 35.5 Å². The highest BCUT2D eigenvalue weighted by molar-refractivity contribution is 6.38. The van der Waals surface area contributed by atoms with E-state index in [-0.39, 0.29) is 43.9 Å². The van der Waals surface area contributed by atoms with Gasteiger partial charge in [-0.05, 0) is 48.1 Å². The number of esters is 1. The van der Waals surface area contributed by atoms with Crippen LogP contribution in [0.1, 0.15) is 80.4 Å². The zero-order chi connectivity index (χ0) is 35.5. The van der Waals surface area contributed by atoms with Crippen molar-refractivity contribution in [3.05, 3.63) is 36.8 Å². The summed E-state index contributed by atoms with van der Waals surface area (Å²) in [6.07, 6.45) is 4.22. The van der Waals surface area contributed by atoms with Crippen LogP contribution in [0.25, 0.3) is 0 Å². The van der Waals surface area contributed by atoms with Gasteiger partial charge in [0.2, 0.25) is 17.6 Å². The molecule has 0 radical (unpaired) electrons. The summed E-state index contributed by atoms with van der Waals surface area (Å²) in [4.78, 5) is 81.1. The molecule has 1 aliphatic heterocycles. The molecule has 0 bridgehead atoms. The maximum absolute atomic E-state index is 14.2. The summed E-state index contributed by atoms with van der Waals surface area (Å²) in [5.41, 5.74) is -0.789. The van der Waals surface area contributed by atoms with Crippen LogP contribution in [0.2, 0.25) is 0 Å². The van der Waals surface area contributed by atoms with Crippen LogP contribution < -0.4 is 21.3 Å². The average molecular weight is 660 g/mol. The van der Waals surface area contributed by atoms with Crippen molar-refractivity contribution in [2.45, 2.75) is 105 Å². The lowest BCUT2D eigenvalue weighted by Crippen LogP contribution is -2.62. The average Bonchev–Trinajstić information content (AvgIpc) is 3.69. The largest absolute Gasteiger partial charge is 0.466 e. The summed E-state index contributed by atoms with van der Waals surface area (Å²) in [6.45, 7) is 18.4. The van der Waals surface area contributed by atoms with Gasteiger partial charge >= 0.3 is 12.0 Å². The monoisotopic (exact) mass is 659 g/mol. The Morgan fingerprint density at radius 3 is 2.30 bits per heavy atom. The summed E-state index contributed by atoms with van der Waals surface area (Å²) < 4.78 is 10.5. The smallest absolute Gasteiger partial charge is 0.329 e. The number of urea groups is 1. The summed E-state index contributed by atoms with van der Waals surface area (Å²) in [5.74, 6) is -3.34. The molecule has 0 aromatic carbocycles. The van der Waals surface area contributed by atoms with Gasteiger partial charge in [-0.3, -0.25) is 19.2 Å². The predicted octanol–water partition coefficient (Wildman–Crippen LogP) is 3.09. The number of Topliss-reactive ketones (excluding diaryl/α,β-unsaturated/α-hetero) is 1. The molecule has 2 heterocycles. The molecule has 0 saturated carbocycles. The molecule has 47 heavy (non-hydrogen) atoms. The van der Waals surface area contributed by atoms with Crippen LogP contribution in [0, 0.1) is 23.2 Å². The van der Waals surface area contributed by atoms with Gasteiger partial charge in [0, 0.05) is 13.1 Å². The van der Waals surface area contributed by atoms with Gasteiger partial charge in [-0.15, -0.1) is 6.58 Å². The fourth-order valence-corrected chi connectivity index (χ4v) is 5.58. The number of nitrogens with one attached hydrogen (secondary N) is 4. The molecule has 5 amide bonds. The van der Waals surface area contributed by atoms with E-state index in [0.29, 0.717) is 18.6 Å². The molecule has 5 atom stereocenters. The first kappa shape index (κ1) is 39.0. The van der Waals surface area contributed by atoms with Crippen LogP contribution in [0.5, 0.6) is 0 Å². The summed E-state index contributed by atoms with van der Waals surface area (Å²) in [5, 5.41) is 10.6. The van der Waals surface area contributed by atoms with Crippen LogP contribution >= 0.6 is 0 Å². The Labute approximate surface area is 278 Å². The second kappa shape index (κ2) is 17.7. The third-order valence-electron chi connectivity index (χ3n) is 8.23. The number of amides is 5. The Kier molecular flexibility index (Phi) is 14.7. The zero-order valence-electron chi connectivity index (χ0n) is 29.0. The third kappa shape index (κ3) is 11.0. The Morgan fingerprint density at radius 1 is 1.09 bits per heavy atom. The summed E-state index contributed by atoms with van der Waals surface area (Å²) in [6, 6.07) is -1.49. The molecule has 0 aliphatic carbocycles. The molecular weight excluding hydrogens is 606 g/mol. The molecule has 1 aromatic rings. The fraction of sp³-hybridized carbons (Fsp3) is 0.647. The Morgan fingerprint density at radius 2 is 1.77 bits per heavy atom. The highest BCUT2D eigenvalue weighted by atomic mass is 16.5. The van der Waals surface area contributed by atoms with Crippen molar-refractivity contribution in [2.24, 2.45) is 23.2 Å². The first-order valence-electron chi connectivity index (χ1n) is 16.3. The van der Waals surface area contributed by atoms with Crippen molar-refractivity contribution < 1.29 is 37.9 Å². The summed E-state index contributed by atoms with van der Waals surface area (Å²) in [7, 11) is 0. The van der Waals surface area contributed by atoms with Crippen LogP contribution in [-0.4, -0.2) is 77.7 Å².